The van der Waals surface area contributed by atoms with Crippen molar-refractivity contribution in [1.82, 2.24) is 9.97 Å². The summed E-state index contributed by atoms with van der Waals surface area (Å²) in [6.07, 6.45) is 2.20. The molecule has 0 aliphatic heterocycles. The molecular weight excluding hydrogens is 292 g/mol. The molecule has 2 N–H and O–H groups in total. The fraction of sp³-hybridized carbons (Fsp3) is 0.286. The summed E-state index contributed by atoms with van der Waals surface area (Å²) < 4.78 is 0. The van der Waals surface area contributed by atoms with E-state index in [1.165, 1.54) is 12.1 Å². The van der Waals surface area contributed by atoms with Crippen molar-refractivity contribution in [3.05, 3.63) is 56.4 Å². The number of nitrogens with zero attached hydrogens (tertiary/aromatic N) is 3. The van der Waals surface area contributed by atoms with Gasteiger partial charge in [0.05, 0.1) is 10.6 Å². The molecule has 0 aliphatic carbocycles. The van der Waals surface area contributed by atoms with E-state index in [2.05, 4.69) is 9.97 Å². The number of anilines is 1. The molecule has 110 valence electrons. The van der Waals surface area contributed by atoms with Crippen LogP contribution in [0.5, 0.6) is 0 Å². The van der Waals surface area contributed by atoms with Gasteiger partial charge in [0.2, 0.25) is 5.95 Å². The molecule has 0 amide bonds. The van der Waals surface area contributed by atoms with E-state index in [1.807, 2.05) is 6.92 Å². The fourth-order valence-corrected chi connectivity index (χ4v) is 2.34. The van der Waals surface area contributed by atoms with Gasteiger partial charge in [0.1, 0.15) is 5.15 Å². The van der Waals surface area contributed by atoms with E-state index >= 15 is 0 Å². The number of benzene rings is 1. The molecule has 7 heteroatoms. The molecule has 2 rings (SSSR count). The average Bonchev–Trinajstić information content (AvgIpc) is 2.43. The van der Waals surface area contributed by atoms with Gasteiger partial charge < -0.3 is 5.73 Å². The highest BCUT2D eigenvalue weighted by Gasteiger charge is 2.13. The lowest BCUT2D eigenvalue weighted by atomic mass is 10.0. The van der Waals surface area contributed by atoms with Gasteiger partial charge in [-0.05, 0) is 12.0 Å². The second-order valence-electron chi connectivity index (χ2n) is 4.65. The highest BCUT2D eigenvalue weighted by atomic mass is 35.5. The maximum atomic E-state index is 10.7. The quantitative estimate of drug-likeness (QED) is 0.520. The molecule has 1 heterocycles. The molecule has 1 aromatic carbocycles. The van der Waals surface area contributed by atoms with Crippen molar-refractivity contribution in [3.8, 4) is 0 Å². The first-order valence-electron chi connectivity index (χ1n) is 6.55. The molecular formula is C14H15ClN4O2. The molecule has 0 spiro atoms. The van der Waals surface area contributed by atoms with Crippen LogP contribution in [0.15, 0.2) is 24.3 Å². The number of non-ortho nitro benzene ring substituents is 1. The smallest absolute Gasteiger partial charge is 0.269 e. The Kier molecular flexibility index (Phi) is 4.70. The molecule has 21 heavy (non-hydrogen) atoms. The number of rotatable bonds is 5. The molecule has 0 bridgehead atoms. The summed E-state index contributed by atoms with van der Waals surface area (Å²) >= 11 is 6.16. The molecule has 0 saturated heterocycles. The van der Waals surface area contributed by atoms with Crippen LogP contribution in [0.25, 0.3) is 0 Å². The Bertz CT molecular complexity index is 659. The minimum Gasteiger partial charge on any atom is -0.368 e. The normalized spacial score (nSPS) is 10.6. The van der Waals surface area contributed by atoms with E-state index in [1.54, 1.807) is 12.1 Å². The second-order valence-corrected chi connectivity index (χ2v) is 5.01. The zero-order valence-corrected chi connectivity index (χ0v) is 12.3. The van der Waals surface area contributed by atoms with Crippen LogP contribution in [0.1, 0.15) is 30.2 Å². The maximum absolute atomic E-state index is 10.7. The number of nitro groups is 1. The van der Waals surface area contributed by atoms with Crippen LogP contribution in [0.4, 0.5) is 11.6 Å². The predicted octanol–water partition coefficient (Wildman–Crippen LogP) is 3.16. The Labute approximate surface area is 127 Å². The second kappa shape index (κ2) is 6.49. The Morgan fingerprint density at radius 1 is 1.29 bits per heavy atom. The van der Waals surface area contributed by atoms with Crippen LogP contribution in [-0.2, 0) is 12.8 Å². The Morgan fingerprint density at radius 2 is 1.95 bits per heavy atom. The first-order chi connectivity index (χ1) is 10.0. The van der Waals surface area contributed by atoms with E-state index in [0.717, 1.165) is 29.7 Å². The largest absolute Gasteiger partial charge is 0.368 e. The van der Waals surface area contributed by atoms with Gasteiger partial charge in [0.15, 0.2) is 0 Å². The molecule has 6 nitrogen and oxygen atoms in total. The van der Waals surface area contributed by atoms with E-state index in [-0.39, 0.29) is 11.6 Å². The van der Waals surface area contributed by atoms with Crippen molar-refractivity contribution < 1.29 is 4.92 Å². The summed E-state index contributed by atoms with van der Waals surface area (Å²) in [5, 5.41) is 11.0. The third kappa shape index (κ3) is 3.66. The molecule has 0 aliphatic rings. The highest BCUT2D eigenvalue weighted by Crippen LogP contribution is 2.23. The Balaban J connectivity index is 2.32. The van der Waals surface area contributed by atoms with Gasteiger partial charge in [0, 0.05) is 24.1 Å². The van der Waals surface area contributed by atoms with Gasteiger partial charge >= 0.3 is 0 Å². The molecule has 0 fully saturated rings. The average molecular weight is 307 g/mol. The van der Waals surface area contributed by atoms with Crippen molar-refractivity contribution in [2.45, 2.75) is 26.2 Å². The van der Waals surface area contributed by atoms with Crippen LogP contribution in [0, 0.1) is 10.1 Å². The number of halogens is 1. The predicted molar refractivity (Wildman–Crippen MR) is 81.4 cm³/mol. The van der Waals surface area contributed by atoms with E-state index < -0.39 is 4.92 Å². The molecule has 0 saturated carbocycles. The summed E-state index contributed by atoms with van der Waals surface area (Å²) in [7, 11) is 0. The van der Waals surface area contributed by atoms with Gasteiger partial charge in [-0.15, -0.1) is 0 Å². The molecule has 0 unspecified atom stereocenters. The minimum atomic E-state index is -0.425. The molecule has 2 aromatic rings. The fourth-order valence-electron chi connectivity index (χ4n) is 2.08. The lowest BCUT2D eigenvalue weighted by Gasteiger charge is -2.10. The highest BCUT2D eigenvalue weighted by molar-refractivity contribution is 6.30. The summed E-state index contributed by atoms with van der Waals surface area (Å²) in [6, 6.07) is 6.36. The van der Waals surface area contributed by atoms with E-state index in [0.29, 0.717) is 11.6 Å². The zero-order valence-electron chi connectivity index (χ0n) is 11.5. The van der Waals surface area contributed by atoms with Gasteiger partial charge in [-0.1, -0.05) is 37.1 Å². The number of aromatic nitrogens is 2. The Hall–Kier alpha value is -2.21. The number of nitro benzene ring substituents is 1. The lowest BCUT2D eigenvalue weighted by molar-refractivity contribution is -0.384. The van der Waals surface area contributed by atoms with Crippen molar-refractivity contribution in [2.24, 2.45) is 0 Å². The number of hydrogen-bond donors (Lipinski definition) is 1. The topological polar surface area (TPSA) is 94.9 Å². The van der Waals surface area contributed by atoms with Crippen LogP contribution in [0.2, 0.25) is 5.15 Å². The lowest BCUT2D eigenvalue weighted by Crippen LogP contribution is -2.06. The van der Waals surface area contributed by atoms with Crippen molar-refractivity contribution in [3.63, 3.8) is 0 Å². The van der Waals surface area contributed by atoms with E-state index in [9.17, 15) is 10.1 Å². The van der Waals surface area contributed by atoms with Crippen molar-refractivity contribution in [1.29, 1.82) is 0 Å². The third-order valence-electron chi connectivity index (χ3n) is 3.07. The first kappa shape index (κ1) is 15.2. The summed E-state index contributed by atoms with van der Waals surface area (Å²) in [5.41, 5.74) is 8.24. The van der Waals surface area contributed by atoms with Crippen LogP contribution in [-0.4, -0.2) is 14.9 Å². The zero-order chi connectivity index (χ0) is 15.4. The maximum Gasteiger partial charge on any atom is 0.269 e. The van der Waals surface area contributed by atoms with Gasteiger partial charge in [-0.3, -0.25) is 10.1 Å². The summed E-state index contributed by atoms with van der Waals surface area (Å²) in [6.45, 7) is 2.04. The summed E-state index contributed by atoms with van der Waals surface area (Å²) in [4.78, 5) is 18.4. The number of hydrogen-bond acceptors (Lipinski definition) is 5. The van der Waals surface area contributed by atoms with Crippen molar-refractivity contribution in [2.75, 3.05) is 5.73 Å². The van der Waals surface area contributed by atoms with E-state index in [4.69, 9.17) is 17.3 Å². The molecule has 0 radical (unpaired) electrons. The first-order valence-corrected chi connectivity index (χ1v) is 6.93. The van der Waals surface area contributed by atoms with Gasteiger partial charge in [-0.25, -0.2) is 9.97 Å². The number of nitrogens with two attached hydrogens (primary N) is 1. The van der Waals surface area contributed by atoms with Gasteiger partial charge in [-0.2, -0.15) is 0 Å². The van der Waals surface area contributed by atoms with Crippen LogP contribution >= 0.6 is 11.6 Å². The minimum absolute atomic E-state index is 0.0622. The molecule has 1 aromatic heterocycles. The third-order valence-corrected chi connectivity index (χ3v) is 3.39. The monoisotopic (exact) mass is 306 g/mol. The standard InChI is InChI=1S/C14H15ClN4O2/c1-2-3-12-11(13(15)18-14(16)17-12)8-9-4-6-10(7-5-9)19(20)21/h4-7H,2-3,8H2,1H3,(H2,16,17,18). The van der Waals surface area contributed by atoms with Gasteiger partial charge in [0.25, 0.3) is 5.69 Å². The van der Waals surface area contributed by atoms with Crippen LogP contribution < -0.4 is 5.73 Å². The number of nitrogen functional groups attached to an aromatic ring is 1. The van der Waals surface area contributed by atoms with Crippen LogP contribution in [0.3, 0.4) is 0 Å². The molecule has 0 atom stereocenters. The number of aryl methyl sites for hydroxylation is 1. The summed E-state index contributed by atoms with van der Waals surface area (Å²) in [5.74, 6) is 0.163. The van der Waals surface area contributed by atoms with Crippen molar-refractivity contribution >= 4 is 23.2 Å². The SMILES string of the molecule is CCCc1nc(N)nc(Cl)c1Cc1ccc([N+](=O)[O-])cc1. The Morgan fingerprint density at radius 3 is 2.52 bits per heavy atom.